The van der Waals surface area contributed by atoms with Crippen molar-refractivity contribution in [3.63, 3.8) is 0 Å². The Morgan fingerprint density at radius 2 is 1.81 bits per heavy atom. The summed E-state index contributed by atoms with van der Waals surface area (Å²) in [6, 6.07) is 10.9. The van der Waals surface area contributed by atoms with E-state index in [9.17, 15) is 0 Å². The Morgan fingerprint density at radius 1 is 1.12 bits per heavy atom. The first-order chi connectivity index (χ1) is 7.90. The van der Waals surface area contributed by atoms with Gasteiger partial charge in [-0.2, -0.15) is 0 Å². The Balaban J connectivity index is 1.90. The van der Waals surface area contributed by atoms with Gasteiger partial charge in [-0.25, -0.2) is 0 Å². The Hall–Kier alpha value is -1.08. The maximum atomic E-state index is 5.52. The number of hydrogen-bond acceptors (Lipinski definition) is 1. The second-order valence-electron chi connectivity index (χ2n) is 4.62. The molecule has 0 amide bonds. The topological polar surface area (TPSA) is 26.0 Å². The van der Waals surface area contributed by atoms with Crippen molar-refractivity contribution >= 4 is 0 Å². The van der Waals surface area contributed by atoms with Gasteiger partial charge in [0.15, 0.2) is 0 Å². The van der Waals surface area contributed by atoms with Crippen molar-refractivity contribution in [3.8, 4) is 0 Å². The lowest BCUT2D eigenvalue weighted by Gasteiger charge is -2.24. The molecule has 0 radical (unpaired) electrons. The minimum absolute atomic E-state index is 0.774. The van der Waals surface area contributed by atoms with Gasteiger partial charge in [0.05, 0.1) is 0 Å². The lowest BCUT2D eigenvalue weighted by molar-refractivity contribution is 0.515. The zero-order valence-electron chi connectivity index (χ0n) is 9.86. The van der Waals surface area contributed by atoms with Gasteiger partial charge in [-0.05, 0) is 50.1 Å². The molecule has 0 atom stereocenters. The van der Waals surface area contributed by atoms with Crippen LogP contribution in [0.4, 0.5) is 0 Å². The Kier molecular flexibility index (Phi) is 4.17. The van der Waals surface area contributed by atoms with Gasteiger partial charge in [0, 0.05) is 0 Å². The lowest BCUT2D eigenvalue weighted by Crippen LogP contribution is -2.07. The predicted octanol–water partition coefficient (Wildman–Crippen LogP) is 3.62. The van der Waals surface area contributed by atoms with Crippen LogP contribution < -0.4 is 5.73 Å². The molecule has 2 N–H and O–H groups in total. The monoisotopic (exact) mass is 215 g/mol. The summed E-state index contributed by atoms with van der Waals surface area (Å²) in [6.45, 7) is 0.783. The van der Waals surface area contributed by atoms with Crippen molar-refractivity contribution in [1.82, 2.24) is 0 Å². The van der Waals surface area contributed by atoms with Gasteiger partial charge in [0.1, 0.15) is 0 Å². The van der Waals surface area contributed by atoms with E-state index in [-0.39, 0.29) is 0 Å². The van der Waals surface area contributed by atoms with E-state index in [4.69, 9.17) is 5.73 Å². The molecule has 1 nitrogen and oxygen atoms in total. The molecule has 1 aliphatic carbocycles. The fraction of sp³-hybridized carbons (Fsp3) is 0.467. The molecule has 2 rings (SSSR count). The zero-order chi connectivity index (χ0) is 11.2. The first kappa shape index (κ1) is 11.4. The average molecular weight is 215 g/mol. The van der Waals surface area contributed by atoms with Crippen LogP contribution in [-0.4, -0.2) is 6.54 Å². The van der Waals surface area contributed by atoms with Crippen LogP contribution in [0.2, 0.25) is 0 Å². The molecule has 0 saturated heterocycles. The van der Waals surface area contributed by atoms with E-state index >= 15 is 0 Å². The highest BCUT2D eigenvalue weighted by molar-refractivity contribution is 5.22. The molecule has 16 heavy (non-hydrogen) atoms. The Bertz CT molecular complexity index is 330. The standard InChI is InChI=1S/C15H21N/c16-12-4-5-13-8-10-15(11-9-13)14-6-2-1-3-7-14/h1-3,5-7,15H,4,8-12,16H2. The van der Waals surface area contributed by atoms with Gasteiger partial charge in [-0.15, -0.1) is 0 Å². The summed E-state index contributed by atoms with van der Waals surface area (Å²) in [5.41, 5.74) is 8.66. The van der Waals surface area contributed by atoms with Crippen molar-refractivity contribution in [2.24, 2.45) is 5.73 Å². The van der Waals surface area contributed by atoms with Gasteiger partial charge in [0.2, 0.25) is 0 Å². The number of allylic oxidation sites excluding steroid dienone is 1. The van der Waals surface area contributed by atoms with Crippen molar-refractivity contribution < 1.29 is 0 Å². The molecule has 1 heteroatoms. The van der Waals surface area contributed by atoms with Crippen LogP contribution in [0.25, 0.3) is 0 Å². The summed E-state index contributed by atoms with van der Waals surface area (Å²) in [7, 11) is 0. The van der Waals surface area contributed by atoms with E-state index in [0.29, 0.717) is 0 Å². The normalized spacial score (nSPS) is 20.8. The molecule has 0 unspecified atom stereocenters. The molecule has 0 heterocycles. The van der Waals surface area contributed by atoms with E-state index in [1.54, 1.807) is 5.57 Å². The molecule has 1 aliphatic rings. The molecule has 0 bridgehead atoms. The summed E-state index contributed by atoms with van der Waals surface area (Å²) < 4.78 is 0. The molecular weight excluding hydrogens is 194 g/mol. The minimum atomic E-state index is 0.774. The maximum Gasteiger partial charge on any atom is -0.00425 e. The minimum Gasteiger partial charge on any atom is -0.330 e. The van der Waals surface area contributed by atoms with Crippen LogP contribution in [0, 0.1) is 0 Å². The smallest absolute Gasteiger partial charge is 0.00425 e. The largest absolute Gasteiger partial charge is 0.330 e. The van der Waals surface area contributed by atoms with Gasteiger partial charge >= 0.3 is 0 Å². The Labute approximate surface area is 98.4 Å². The second-order valence-corrected chi connectivity index (χ2v) is 4.62. The van der Waals surface area contributed by atoms with Crippen LogP contribution in [0.15, 0.2) is 42.0 Å². The van der Waals surface area contributed by atoms with Crippen molar-refractivity contribution in [1.29, 1.82) is 0 Å². The molecule has 1 saturated carbocycles. The predicted molar refractivity (Wildman–Crippen MR) is 69.4 cm³/mol. The summed E-state index contributed by atoms with van der Waals surface area (Å²) in [4.78, 5) is 0. The Morgan fingerprint density at radius 3 is 2.44 bits per heavy atom. The molecule has 0 aliphatic heterocycles. The fourth-order valence-corrected chi connectivity index (χ4v) is 2.54. The first-order valence-electron chi connectivity index (χ1n) is 6.33. The van der Waals surface area contributed by atoms with Crippen molar-refractivity contribution in [2.45, 2.75) is 38.0 Å². The van der Waals surface area contributed by atoms with Crippen molar-refractivity contribution in [3.05, 3.63) is 47.5 Å². The van der Waals surface area contributed by atoms with E-state index in [0.717, 1.165) is 18.9 Å². The third-order valence-electron chi connectivity index (χ3n) is 3.50. The maximum absolute atomic E-state index is 5.52. The van der Waals surface area contributed by atoms with E-state index in [1.807, 2.05) is 0 Å². The molecule has 86 valence electrons. The third-order valence-corrected chi connectivity index (χ3v) is 3.50. The average Bonchev–Trinajstić information content (AvgIpc) is 2.38. The highest BCUT2D eigenvalue weighted by Crippen LogP contribution is 2.35. The van der Waals surface area contributed by atoms with Crippen LogP contribution in [0.3, 0.4) is 0 Å². The van der Waals surface area contributed by atoms with Gasteiger partial charge < -0.3 is 5.73 Å². The summed E-state index contributed by atoms with van der Waals surface area (Å²) in [5.74, 6) is 0.774. The molecule has 1 aromatic carbocycles. The van der Waals surface area contributed by atoms with Crippen LogP contribution in [0.5, 0.6) is 0 Å². The molecule has 1 fully saturated rings. The van der Waals surface area contributed by atoms with Crippen LogP contribution in [-0.2, 0) is 0 Å². The quantitative estimate of drug-likeness (QED) is 0.766. The first-order valence-corrected chi connectivity index (χ1v) is 6.33. The van der Waals surface area contributed by atoms with Crippen LogP contribution in [0.1, 0.15) is 43.6 Å². The highest BCUT2D eigenvalue weighted by Gasteiger charge is 2.17. The summed E-state index contributed by atoms with van der Waals surface area (Å²) in [6.07, 6.45) is 8.53. The molecule has 1 aromatic rings. The molecular formula is C15H21N. The number of hydrogen-bond donors (Lipinski definition) is 1. The summed E-state index contributed by atoms with van der Waals surface area (Å²) >= 11 is 0. The zero-order valence-corrected chi connectivity index (χ0v) is 9.86. The second kappa shape index (κ2) is 5.86. The van der Waals surface area contributed by atoms with E-state index in [2.05, 4.69) is 36.4 Å². The van der Waals surface area contributed by atoms with Gasteiger partial charge in [0.25, 0.3) is 0 Å². The lowest BCUT2D eigenvalue weighted by atomic mass is 9.81. The van der Waals surface area contributed by atoms with Crippen molar-refractivity contribution in [2.75, 3.05) is 6.54 Å². The van der Waals surface area contributed by atoms with E-state index in [1.165, 1.54) is 31.2 Å². The van der Waals surface area contributed by atoms with Gasteiger partial charge in [-0.1, -0.05) is 42.0 Å². The van der Waals surface area contributed by atoms with E-state index < -0.39 is 0 Å². The number of nitrogens with two attached hydrogens (primary N) is 1. The molecule has 0 aromatic heterocycles. The number of benzene rings is 1. The fourth-order valence-electron chi connectivity index (χ4n) is 2.54. The summed E-state index contributed by atoms with van der Waals surface area (Å²) in [5, 5.41) is 0. The van der Waals surface area contributed by atoms with Gasteiger partial charge in [-0.3, -0.25) is 0 Å². The highest BCUT2D eigenvalue weighted by atomic mass is 14.5. The molecule has 0 spiro atoms. The number of rotatable bonds is 3. The third kappa shape index (κ3) is 2.96. The van der Waals surface area contributed by atoms with Crippen LogP contribution >= 0.6 is 0 Å². The SMILES string of the molecule is NCCC=C1CCC(c2ccccc2)CC1.